The highest BCUT2D eigenvalue weighted by molar-refractivity contribution is 7.14. The van der Waals surface area contributed by atoms with Crippen molar-refractivity contribution in [1.29, 1.82) is 0 Å². The monoisotopic (exact) mass is 344 g/mol. The van der Waals surface area contributed by atoms with E-state index in [1.165, 1.54) is 29.7 Å². The minimum absolute atomic E-state index is 0.226. The van der Waals surface area contributed by atoms with Crippen molar-refractivity contribution < 1.29 is 4.79 Å². The van der Waals surface area contributed by atoms with Crippen LogP contribution in [0.2, 0.25) is 0 Å². The predicted octanol–water partition coefficient (Wildman–Crippen LogP) is 3.17. The second-order valence-electron chi connectivity index (χ2n) is 6.99. The summed E-state index contributed by atoms with van der Waals surface area (Å²) in [5.41, 5.74) is 1.43. The van der Waals surface area contributed by atoms with Crippen LogP contribution in [0.3, 0.4) is 0 Å². The zero-order valence-electron chi connectivity index (χ0n) is 14.2. The molecule has 24 heavy (non-hydrogen) atoms. The molecule has 0 bridgehead atoms. The fourth-order valence-electron chi connectivity index (χ4n) is 3.93. The smallest absolute Gasteiger partial charge is 0.263 e. The van der Waals surface area contributed by atoms with Crippen LogP contribution in [0.1, 0.15) is 64.0 Å². The summed E-state index contributed by atoms with van der Waals surface area (Å²) in [5.74, 6) is 1.69. The Morgan fingerprint density at radius 1 is 1.21 bits per heavy atom. The summed E-state index contributed by atoms with van der Waals surface area (Å²) in [4.78, 5) is 17.3. The van der Waals surface area contributed by atoms with Gasteiger partial charge in [0.1, 0.15) is 12.2 Å². The van der Waals surface area contributed by atoms with Crippen LogP contribution in [0.5, 0.6) is 0 Å². The number of carbonyl (C=O) groups is 1. The zero-order valence-corrected chi connectivity index (χ0v) is 15.0. The van der Waals surface area contributed by atoms with E-state index in [0.717, 1.165) is 49.5 Å². The van der Waals surface area contributed by atoms with Gasteiger partial charge >= 0.3 is 0 Å². The van der Waals surface area contributed by atoms with Crippen LogP contribution in [0.25, 0.3) is 0 Å². The van der Waals surface area contributed by atoms with Gasteiger partial charge in [-0.25, -0.2) is 0 Å². The molecule has 2 aromatic heterocycles. The number of hydrogen-bond acceptors (Lipinski definition) is 4. The molecule has 2 aliphatic rings. The van der Waals surface area contributed by atoms with Gasteiger partial charge in [0, 0.05) is 30.9 Å². The van der Waals surface area contributed by atoms with E-state index in [1.807, 2.05) is 16.5 Å². The third-order valence-electron chi connectivity index (χ3n) is 5.35. The SMILES string of the molecule is Cn1cnnc1C1CCN(C(=O)c2cc3c(s2)CCCCC3)CC1. The van der Waals surface area contributed by atoms with Crippen LogP contribution in [-0.4, -0.2) is 38.7 Å². The topological polar surface area (TPSA) is 51.0 Å². The van der Waals surface area contributed by atoms with Gasteiger partial charge in [0.25, 0.3) is 5.91 Å². The largest absolute Gasteiger partial charge is 0.338 e. The lowest BCUT2D eigenvalue weighted by Crippen LogP contribution is -2.38. The molecule has 0 radical (unpaired) electrons. The summed E-state index contributed by atoms with van der Waals surface area (Å²) in [6, 6.07) is 2.17. The summed E-state index contributed by atoms with van der Waals surface area (Å²) >= 11 is 1.73. The van der Waals surface area contributed by atoms with Gasteiger partial charge in [0.05, 0.1) is 4.88 Å². The van der Waals surface area contributed by atoms with Crippen LogP contribution < -0.4 is 0 Å². The minimum atomic E-state index is 0.226. The molecule has 0 spiro atoms. The molecule has 1 aliphatic carbocycles. The third-order valence-corrected chi connectivity index (χ3v) is 6.58. The molecule has 1 aliphatic heterocycles. The van der Waals surface area contributed by atoms with Crippen molar-refractivity contribution in [2.75, 3.05) is 13.1 Å². The maximum Gasteiger partial charge on any atom is 0.263 e. The first-order valence-electron chi connectivity index (χ1n) is 8.97. The van der Waals surface area contributed by atoms with Gasteiger partial charge in [-0.3, -0.25) is 4.79 Å². The Bertz CT molecular complexity index is 704. The van der Waals surface area contributed by atoms with E-state index in [2.05, 4.69) is 16.3 Å². The molecule has 4 rings (SSSR count). The standard InChI is InChI=1S/C18H24N4OS/c1-21-12-19-20-17(21)13-7-9-22(10-8-13)18(23)16-11-14-5-3-2-4-6-15(14)24-16/h11-13H,2-10H2,1H3. The van der Waals surface area contributed by atoms with Gasteiger partial charge < -0.3 is 9.47 Å². The quantitative estimate of drug-likeness (QED) is 0.786. The lowest BCUT2D eigenvalue weighted by Gasteiger charge is -2.31. The summed E-state index contributed by atoms with van der Waals surface area (Å²) in [6.45, 7) is 1.64. The minimum Gasteiger partial charge on any atom is -0.338 e. The van der Waals surface area contributed by atoms with Gasteiger partial charge in [0.2, 0.25) is 0 Å². The van der Waals surface area contributed by atoms with E-state index < -0.39 is 0 Å². The van der Waals surface area contributed by atoms with E-state index >= 15 is 0 Å². The first-order chi connectivity index (χ1) is 11.7. The summed E-state index contributed by atoms with van der Waals surface area (Å²) in [6.07, 6.45) is 9.86. The lowest BCUT2D eigenvalue weighted by molar-refractivity contribution is 0.0715. The number of hydrogen-bond donors (Lipinski definition) is 0. The maximum atomic E-state index is 12.9. The number of nitrogens with zero attached hydrogens (tertiary/aromatic N) is 4. The molecule has 1 amide bonds. The highest BCUT2D eigenvalue weighted by atomic mass is 32.1. The molecular formula is C18H24N4OS. The maximum absolute atomic E-state index is 12.9. The highest BCUT2D eigenvalue weighted by Crippen LogP contribution is 2.32. The zero-order chi connectivity index (χ0) is 16.5. The summed E-state index contributed by atoms with van der Waals surface area (Å²) in [5, 5.41) is 8.21. The lowest BCUT2D eigenvalue weighted by atomic mass is 9.96. The third kappa shape index (κ3) is 2.99. The van der Waals surface area contributed by atoms with Crippen molar-refractivity contribution >= 4 is 17.2 Å². The predicted molar refractivity (Wildman–Crippen MR) is 94.5 cm³/mol. The van der Waals surface area contributed by atoms with Crippen molar-refractivity contribution in [2.24, 2.45) is 7.05 Å². The molecule has 0 N–H and O–H groups in total. The normalized spacial score (nSPS) is 19.1. The Morgan fingerprint density at radius 2 is 2.00 bits per heavy atom. The van der Waals surface area contributed by atoms with Crippen molar-refractivity contribution in [3.63, 3.8) is 0 Å². The van der Waals surface area contributed by atoms with Crippen molar-refractivity contribution in [1.82, 2.24) is 19.7 Å². The first-order valence-corrected chi connectivity index (χ1v) is 9.79. The summed E-state index contributed by atoms with van der Waals surface area (Å²) < 4.78 is 2.00. The van der Waals surface area contributed by atoms with E-state index in [1.54, 1.807) is 17.7 Å². The molecule has 5 nitrogen and oxygen atoms in total. The van der Waals surface area contributed by atoms with E-state index in [0.29, 0.717) is 5.92 Å². The fourth-order valence-corrected chi connectivity index (χ4v) is 5.15. The van der Waals surface area contributed by atoms with Crippen molar-refractivity contribution in [3.8, 4) is 0 Å². The van der Waals surface area contributed by atoms with Gasteiger partial charge in [-0.15, -0.1) is 21.5 Å². The number of carbonyl (C=O) groups excluding carboxylic acids is 1. The van der Waals surface area contributed by atoms with Crippen molar-refractivity contribution in [2.45, 2.75) is 50.9 Å². The van der Waals surface area contributed by atoms with Crippen LogP contribution in [0.15, 0.2) is 12.4 Å². The Balaban J connectivity index is 1.42. The van der Waals surface area contributed by atoms with Crippen LogP contribution >= 0.6 is 11.3 Å². The molecule has 0 aromatic carbocycles. The average Bonchev–Trinajstić information content (AvgIpc) is 3.15. The Hall–Kier alpha value is -1.69. The second-order valence-corrected chi connectivity index (χ2v) is 8.12. The van der Waals surface area contributed by atoms with E-state index in [-0.39, 0.29) is 5.91 Å². The van der Waals surface area contributed by atoms with Gasteiger partial charge in [-0.05, 0) is 50.2 Å². The molecule has 6 heteroatoms. The summed E-state index contributed by atoms with van der Waals surface area (Å²) in [7, 11) is 1.99. The van der Waals surface area contributed by atoms with Gasteiger partial charge in [-0.1, -0.05) is 6.42 Å². The van der Waals surface area contributed by atoms with Crippen LogP contribution in [-0.2, 0) is 19.9 Å². The highest BCUT2D eigenvalue weighted by Gasteiger charge is 2.28. The Morgan fingerprint density at radius 3 is 2.75 bits per heavy atom. The number of aryl methyl sites for hydroxylation is 3. The molecule has 0 atom stereocenters. The number of aromatic nitrogens is 3. The Labute approximate surface area is 146 Å². The molecule has 0 saturated carbocycles. The van der Waals surface area contributed by atoms with Gasteiger partial charge in [-0.2, -0.15) is 0 Å². The van der Waals surface area contributed by atoms with E-state index in [9.17, 15) is 4.79 Å². The molecule has 1 saturated heterocycles. The molecule has 2 aromatic rings. The molecule has 128 valence electrons. The fraction of sp³-hybridized carbons (Fsp3) is 0.611. The van der Waals surface area contributed by atoms with Crippen LogP contribution in [0.4, 0.5) is 0 Å². The number of likely N-dealkylation sites (tertiary alicyclic amines) is 1. The number of thiophene rings is 1. The Kier molecular flexibility index (Phi) is 4.39. The number of fused-ring (bicyclic) bond motifs is 1. The van der Waals surface area contributed by atoms with Crippen LogP contribution in [0, 0.1) is 0 Å². The number of rotatable bonds is 2. The first kappa shape index (κ1) is 15.8. The number of piperidine rings is 1. The van der Waals surface area contributed by atoms with Crippen molar-refractivity contribution in [3.05, 3.63) is 33.5 Å². The number of amides is 1. The molecule has 3 heterocycles. The van der Waals surface area contributed by atoms with Gasteiger partial charge in [0.15, 0.2) is 0 Å². The molecular weight excluding hydrogens is 320 g/mol. The average molecular weight is 344 g/mol. The molecule has 1 fully saturated rings. The second kappa shape index (κ2) is 6.67. The van der Waals surface area contributed by atoms with E-state index in [4.69, 9.17) is 0 Å². The molecule has 0 unspecified atom stereocenters.